The van der Waals surface area contributed by atoms with E-state index >= 15 is 0 Å². The lowest BCUT2D eigenvalue weighted by molar-refractivity contribution is -0.129. The molecule has 1 N–H and O–H groups in total. The number of nitrogens with zero attached hydrogens (tertiary/aromatic N) is 2. The Labute approximate surface area is 188 Å². The van der Waals surface area contributed by atoms with Crippen molar-refractivity contribution in [3.8, 4) is 11.5 Å². The predicted molar refractivity (Wildman–Crippen MR) is 118 cm³/mol. The van der Waals surface area contributed by atoms with Crippen LogP contribution in [0, 0.1) is 0 Å². The standard InChI is InChI=1S/C21H20ClN3O5S/c1-4-29-18-11-15(19-25(13(3)27)24-21(31-19)23-12(2)26)7-10-17(18)30-20(28)14-5-8-16(22)9-6-14/h5-11,19H,4H2,1-3H3,(H,23,24,26). The SMILES string of the molecule is CCOc1cc(C2SC(NC(C)=O)=NN2C(C)=O)ccc1OC(=O)c1ccc(Cl)cc1. The number of amides is 2. The average molecular weight is 462 g/mol. The summed E-state index contributed by atoms with van der Waals surface area (Å²) in [5, 5.41) is 8.38. The summed E-state index contributed by atoms with van der Waals surface area (Å²) in [6.45, 7) is 4.91. The highest BCUT2D eigenvalue weighted by Crippen LogP contribution is 2.41. The molecule has 1 unspecified atom stereocenters. The maximum atomic E-state index is 12.5. The number of carbonyl (C=O) groups excluding carboxylic acids is 3. The van der Waals surface area contributed by atoms with Gasteiger partial charge in [-0.3, -0.25) is 9.59 Å². The lowest BCUT2D eigenvalue weighted by Crippen LogP contribution is -2.25. The molecule has 2 aromatic rings. The number of hydrogen-bond acceptors (Lipinski definition) is 7. The van der Waals surface area contributed by atoms with Crippen molar-refractivity contribution < 1.29 is 23.9 Å². The normalized spacial score (nSPS) is 15.3. The number of amidine groups is 1. The van der Waals surface area contributed by atoms with Gasteiger partial charge >= 0.3 is 5.97 Å². The molecule has 3 rings (SSSR count). The van der Waals surface area contributed by atoms with Crippen LogP contribution in [0.5, 0.6) is 11.5 Å². The first-order chi connectivity index (χ1) is 14.8. The van der Waals surface area contributed by atoms with Crippen LogP contribution in [-0.4, -0.2) is 34.6 Å². The fraction of sp³-hybridized carbons (Fsp3) is 0.238. The van der Waals surface area contributed by atoms with Crippen molar-refractivity contribution in [3.05, 3.63) is 58.6 Å². The Morgan fingerprint density at radius 2 is 1.84 bits per heavy atom. The number of carbonyl (C=O) groups is 3. The zero-order valence-electron chi connectivity index (χ0n) is 17.0. The van der Waals surface area contributed by atoms with Gasteiger partial charge in [-0.15, -0.1) is 5.10 Å². The molecule has 0 saturated heterocycles. The Kier molecular flexibility index (Phi) is 7.19. The zero-order chi connectivity index (χ0) is 22.5. The maximum Gasteiger partial charge on any atom is 0.343 e. The van der Waals surface area contributed by atoms with Crippen molar-refractivity contribution in [3.63, 3.8) is 0 Å². The summed E-state index contributed by atoms with van der Waals surface area (Å²) in [7, 11) is 0. The van der Waals surface area contributed by atoms with Crippen LogP contribution in [0.1, 0.15) is 42.1 Å². The molecule has 8 nitrogen and oxygen atoms in total. The lowest BCUT2D eigenvalue weighted by Gasteiger charge is -2.20. The van der Waals surface area contributed by atoms with Crippen molar-refractivity contribution in [1.82, 2.24) is 10.3 Å². The molecule has 0 fully saturated rings. The molecule has 1 aliphatic heterocycles. The molecule has 0 spiro atoms. The summed E-state index contributed by atoms with van der Waals surface area (Å²) in [5.74, 6) is -0.531. The van der Waals surface area contributed by atoms with E-state index in [1.54, 1.807) is 42.5 Å². The van der Waals surface area contributed by atoms with Crippen molar-refractivity contribution in [2.45, 2.75) is 26.1 Å². The second kappa shape index (κ2) is 9.84. The van der Waals surface area contributed by atoms with Crippen LogP contribution in [0.3, 0.4) is 0 Å². The number of benzene rings is 2. The fourth-order valence-electron chi connectivity index (χ4n) is 2.75. The highest BCUT2D eigenvalue weighted by Gasteiger charge is 2.33. The monoisotopic (exact) mass is 461 g/mol. The molecule has 1 heterocycles. The Hall–Kier alpha value is -3.04. The highest BCUT2D eigenvalue weighted by molar-refractivity contribution is 8.14. The molecule has 0 aliphatic carbocycles. The van der Waals surface area contributed by atoms with E-state index in [-0.39, 0.29) is 17.6 Å². The second-order valence-corrected chi connectivity index (χ2v) is 7.96. The van der Waals surface area contributed by atoms with Crippen LogP contribution < -0.4 is 14.8 Å². The first-order valence-electron chi connectivity index (χ1n) is 9.35. The Balaban J connectivity index is 1.86. The summed E-state index contributed by atoms with van der Waals surface area (Å²) in [5.41, 5.74) is 1.04. The van der Waals surface area contributed by atoms with Gasteiger partial charge in [0.05, 0.1) is 12.2 Å². The van der Waals surface area contributed by atoms with Crippen LogP contribution >= 0.6 is 23.4 Å². The van der Waals surface area contributed by atoms with E-state index in [0.717, 1.165) is 0 Å². The molecular formula is C21H20ClN3O5S. The molecular weight excluding hydrogens is 442 g/mol. The summed E-state index contributed by atoms with van der Waals surface area (Å²) in [6.07, 6.45) is 0. The minimum Gasteiger partial charge on any atom is -0.490 e. The summed E-state index contributed by atoms with van der Waals surface area (Å²) < 4.78 is 11.2. The van der Waals surface area contributed by atoms with Gasteiger partial charge in [0.1, 0.15) is 5.37 Å². The summed E-state index contributed by atoms with van der Waals surface area (Å²) >= 11 is 7.08. The molecule has 1 aliphatic rings. The van der Waals surface area contributed by atoms with Crippen molar-refractivity contribution in [2.75, 3.05) is 6.61 Å². The van der Waals surface area contributed by atoms with Crippen LogP contribution in [0.2, 0.25) is 5.02 Å². The van der Waals surface area contributed by atoms with Gasteiger partial charge in [0.25, 0.3) is 0 Å². The second-order valence-electron chi connectivity index (χ2n) is 6.46. The number of halogens is 1. The van der Waals surface area contributed by atoms with Crippen LogP contribution in [0.15, 0.2) is 47.6 Å². The zero-order valence-corrected chi connectivity index (χ0v) is 18.6. The minimum atomic E-state index is -0.553. The molecule has 10 heteroatoms. The van der Waals surface area contributed by atoms with Gasteiger partial charge in [0, 0.05) is 18.9 Å². The van der Waals surface area contributed by atoms with Crippen LogP contribution in [-0.2, 0) is 9.59 Å². The van der Waals surface area contributed by atoms with Gasteiger partial charge in [0.15, 0.2) is 16.7 Å². The summed E-state index contributed by atoms with van der Waals surface area (Å²) in [4.78, 5) is 35.9. The smallest absolute Gasteiger partial charge is 0.343 e. The number of thioether (sulfide) groups is 1. The molecule has 0 bridgehead atoms. The third-order valence-electron chi connectivity index (χ3n) is 4.08. The van der Waals surface area contributed by atoms with E-state index in [9.17, 15) is 14.4 Å². The third kappa shape index (κ3) is 5.56. The van der Waals surface area contributed by atoms with Crippen molar-refractivity contribution in [2.24, 2.45) is 5.10 Å². The molecule has 1 atom stereocenters. The van der Waals surface area contributed by atoms with Crippen molar-refractivity contribution in [1.29, 1.82) is 0 Å². The number of hydrogen-bond donors (Lipinski definition) is 1. The largest absolute Gasteiger partial charge is 0.490 e. The number of ether oxygens (including phenoxy) is 2. The van der Waals surface area contributed by atoms with Gasteiger partial charge in [-0.25, -0.2) is 9.80 Å². The Bertz CT molecular complexity index is 1040. The van der Waals surface area contributed by atoms with Crippen molar-refractivity contribution >= 4 is 46.3 Å². The number of esters is 1. The number of rotatable bonds is 5. The van der Waals surface area contributed by atoms with Gasteiger partial charge in [-0.2, -0.15) is 0 Å². The van der Waals surface area contributed by atoms with Crippen LogP contribution in [0.4, 0.5) is 0 Å². The quantitative estimate of drug-likeness (QED) is 0.534. The Morgan fingerprint density at radius 3 is 2.45 bits per heavy atom. The molecule has 0 aromatic heterocycles. The number of nitrogens with one attached hydrogen (secondary N) is 1. The lowest BCUT2D eigenvalue weighted by atomic mass is 10.2. The predicted octanol–water partition coefficient (Wildman–Crippen LogP) is 3.96. The maximum absolute atomic E-state index is 12.5. The first-order valence-corrected chi connectivity index (χ1v) is 10.6. The molecule has 2 aromatic carbocycles. The van der Waals surface area contributed by atoms with Gasteiger partial charge in [0.2, 0.25) is 11.8 Å². The minimum absolute atomic E-state index is 0.242. The molecule has 31 heavy (non-hydrogen) atoms. The molecule has 2 amide bonds. The highest BCUT2D eigenvalue weighted by atomic mass is 35.5. The van der Waals surface area contributed by atoms with Gasteiger partial charge < -0.3 is 14.8 Å². The molecule has 0 radical (unpaired) electrons. The first kappa shape index (κ1) is 22.6. The summed E-state index contributed by atoms with van der Waals surface area (Å²) in [6, 6.07) is 11.3. The van der Waals surface area contributed by atoms with E-state index in [2.05, 4.69) is 10.4 Å². The van der Waals surface area contributed by atoms with Gasteiger partial charge in [-0.1, -0.05) is 29.4 Å². The molecule has 0 saturated carbocycles. The van der Waals surface area contributed by atoms with Crippen LogP contribution in [0.25, 0.3) is 0 Å². The number of hydrazone groups is 1. The molecule has 162 valence electrons. The van der Waals surface area contributed by atoms with E-state index in [0.29, 0.717) is 33.7 Å². The van der Waals surface area contributed by atoms with E-state index < -0.39 is 11.3 Å². The third-order valence-corrected chi connectivity index (χ3v) is 5.44. The van der Waals surface area contributed by atoms with Gasteiger partial charge in [-0.05, 0) is 48.9 Å². The topological polar surface area (TPSA) is 97.3 Å². The fourth-order valence-corrected chi connectivity index (χ4v) is 4.01. The van der Waals surface area contributed by atoms with E-state index in [1.165, 1.54) is 30.6 Å². The Morgan fingerprint density at radius 1 is 1.13 bits per heavy atom. The average Bonchev–Trinajstić information content (AvgIpc) is 3.13. The van der Waals surface area contributed by atoms with E-state index in [1.807, 2.05) is 6.92 Å². The van der Waals surface area contributed by atoms with E-state index in [4.69, 9.17) is 21.1 Å².